The Morgan fingerprint density at radius 1 is 1.24 bits per heavy atom. The Kier molecular flexibility index (Phi) is 3.82. The Balaban J connectivity index is 1.82. The number of rotatable bonds is 3. The fourth-order valence-corrected chi connectivity index (χ4v) is 2.79. The van der Waals surface area contributed by atoms with Crippen LogP contribution in [0.4, 0.5) is 0 Å². The molecule has 2 fully saturated rings. The molecular formula is C13H20N2O2. The number of hydrogen-bond acceptors (Lipinski definition) is 2. The van der Waals surface area contributed by atoms with Gasteiger partial charge in [0.05, 0.1) is 0 Å². The molecule has 94 valence electrons. The van der Waals surface area contributed by atoms with Crippen LogP contribution in [0.5, 0.6) is 0 Å². The van der Waals surface area contributed by atoms with Crippen molar-refractivity contribution in [1.82, 2.24) is 10.2 Å². The van der Waals surface area contributed by atoms with Crippen LogP contribution in [0.25, 0.3) is 0 Å². The molecule has 2 rings (SSSR count). The van der Waals surface area contributed by atoms with Crippen LogP contribution in [-0.4, -0.2) is 35.8 Å². The van der Waals surface area contributed by atoms with Crippen LogP contribution in [0.2, 0.25) is 0 Å². The molecule has 4 nitrogen and oxygen atoms in total. The highest BCUT2D eigenvalue weighted by molar-refractivity contribution is 5.87. The number of likely N-dealkylation sites (tertiary alicyclic amines) is 1. The zero-order valence-electron chi connectivity index (χ0n) is 10.2. The van der Waals surface area contributed by atoms with E-state index in [1.165, 1.54) is 6.08 Å². The SMILES string of the molecule is C=CC(=O)N[C@H]1CC[C@@H](C(=O)N2CCCC2)C1. The monoisotopic (exact) mass is 236 g/mol. The number of carbonyl (C=O) groups is 2. The highest BCUT2D eigenvalue weighted by Crippen LogP contribution is 2.28. The lowest BCUT2D eigenvalue weighted by molar-refractivity contribution is -0.134. The molecule has 0 unspecified atom stereocenters. The third-order valence-electron chi connectivity index (χ3n) is 3.73. The van der Waals surface area contributed by atoms with E-state index in [0.29, 0.717) is 0 Å². The van der Waals surface area contributed by atoms with Crippen LogP contribution in [0.3, 0.4) is 0 Å². The van der Waals surface area contributed by atoms with E-state index in [2.05, 4.69) is 11.9 Å². The predicted octanol–water partition coefficient (Wildman–Crippen LogP) is 1.08. The molecule has 0 spiro atoms. The first-order valence-corrected chi connectivity index (χ1v) is 6.42. The van der Waals surface area contributed by atoms with Crippen molar-refractivity contribution in [2.24, 2.45) is 5.92 Å². The van der Waals surface area contributed by atoms with Gasteiger partial charge in [0.2, 0.25) is 11.8 Å². The third-order valence-corrected chi connectivity index (χ3v) is 3.73. The summed E-state index contributed by atoms with van der Waals surface area (Å²) in [5, 5.41) is 2.88. The number of amides is 2. The van der Waals surface area contributed by atoms with Crippen molar-refractivity contribution in [1.29, 1.82) is 0 Å². The van der Waals surface area contributed by atoms with E-state index in [0.717, 1.165) is 45.2 Å². The first kappa shape index (κ1) is 12.1. The molecule has 1 aliphatic heterocycles. The number of nitrogens with one attached hydrogen (secondary N) is 1. The maximum atomic E-state index is 12.1. The number of carbonyl (C=O) groups excluding carboxylic acids is 2. The topological polar surface area (TPSA) is 49.4 Å². The molecule has 1 aliphatic carbocycles. The van der Waals surface area contributed by atoms with E-state index in [-0.39, 0.29) is 23.8 Å². The van der Waals surface area contributed by atoms with Gasteiger partial charge in [0.1, 0.15) is 0 Å². The van der Waals surface area contributed by atoms with Crippen LogP contribution in [0, 0.1) is 5.92 Å². The van der Waals surface area contributed by atoms with Crippen molar-refractivity contribution in [2.75, 3.05) is 13.1 Å². The molecular weight excluding hydrogens is 216 g/mol. The van der Waals surface area contributed by atoms with E-state index >= 15 is 0 Å². The van der Waals surface area contributed by atoms with Crippen LogP contribution in [0.15, 0.2) is 12.7 Å². The quantitative estimate of drug-likeness (QED) is 0.745. The van der Waals surface area contributed by atoms with Gasteiger partial charge < -0.3 is 10.2 Å². The van der Waals surface area contributed by atoms with Gasteiger partial charge in [-0.3, -0.25) is 9.59 Å². The molecule has 2 atom stereocenters. The molecule has 1 N–H and O–H groups in total. The Bertz CT molecular complexity index is 321. The molecule has 0 bridgehead atoms. The standard InChI is InChI=1S/C13H20N2O2/c1-2-12(16)14-11-6-5-10(9-11)13(17)15-7-3-4-8-15/h2,10-11H,1,3-9H2,(H,14,16)/t10-,11+/m1/s1. The van der Waals surface area contributed by atoms with Gasteiger partial charge in [0.25, 0.3) is 0 Å². The van der Waals surface area contributed by atoms with Crippen LogP contribution < -0.4 is 5.32 Å². The summed E-state index contributed by atoms with van der Waals surface area (Å²) >= 11 is 0. The highest BCUT2D eigenvalue weighted by Gasteiger charge is 2.33. The molecule has 1 heterocycles. The molecule has 0 aromatic rings. The second-order valence-electron chi connectivity index (χ2n) is 4.95. The molecule has 4 heteroatoms. The Labute approximate surface area is 102 Å². The molecule has 1 saturated carbocycles. The summed E-state index contributed by atoms with van der Waals surface area (Å²) in [7, 11) is 0. The van der Waals surface area contributed by atoms with E-state index < -0.39 is 0 Å². The lowest BCUT2D eigenvalue weighted by Gasteiger charge is -2.20. The molecule has 2 aliphatic rings. The zero-order chi connectivity index (χ0) is 12.3. The normalized spacial score (nSPS) is 28.1. The fourth-order valence-electron chi connectivity index (χ4n) is 2.79. The van der Waals surface area contributed by atoms with Crippen molar-refractivity contribution in [3.63, 3.8) is 0 Å². The van der Waals surface area contributed by atoms with Gasteiger partial charge in [-0.25, -0.2) is 0 Å². The molecule has 0 aromatic carbocycles. The summed E-state index contributed by atoms with van der Waals surface area (Å²) in [5.41, 5.74) is 0. The molecule has 2 amide bonds. The van der Waals surface area contributed by atoms with Crippen molar-refractivity contribution in [3.8, 4) is 0 Å². The van der Waals surface area contributed by atoms with Gasteiger partial charge in [-0.15, -0.1) is 0 Å². The minimum absolute atomic E-state index is 0.114. The Morgan fingerprint density at radius 2 is 1.94 bits per heavy atom. The maximum Gasteiger partial charge on any atom is 0.243 e. The van der Waals surface area contributed by atoms with Crippen molar-refractivity contribution < 1.29 is 9.59 Å². The van der Waals surface area contributed by atoms with E-state index in [4.69, 9.17) is 0 Å². The molecule has 17 heavy (non-hydrogen) atoms. The van der Waals surface area contributed by atoms with Gasteiger partial charge in [0.15, 0.2) is 0 Å². The lowest BCUT2D eigenvalue weighted by atomic mass is 10.1. The summed E-state index contributed by atoms with van der Waals surface area (Å²) in [6, 6.07) is 0.150. The van der Waals surface area contributed by atoms with Gasteiger partial charge in [-0.1, -0.05) is 6.58 Å². The molecule has 1 saturated heterocycles. The van der Waals surface area contributed by atoms with Crippen LogP contribution in [-0.2, 0) is 9.59 Å². The van der Waals surface area contributed by atoms with Crippen molar-refractivity contribution in [2.45, 2.75) is 38.1 Å². The fraction of sp³-hybridized carbons (Fsp3) is 0.692. The molecule has 0 radical (unpaired) electrons. The van der Waals surface area contributed by atoms with Gasteiger partial charge in [0, 0.05) is 25.0 Å². The minimum atomic E-state index is -0.135. The van der Waals surface area contributed by atoms with E-state index in [1.54, 1.807) is 0 Å². The average molecular weight is 236 g/mol. The van der Waals surface area contributed by atoms with E-state index in [1.807, 2.05) is 4.90 Å². The Hall–Kier alpha value is -1.32. The van der Waals surface area contributed by atoms with Gasteiger partial charge in [-0.2, -0.15) is 0 Å². The number of hydrogen-bond donors (Lipinski definition) is 1. The minimum Gasteiger partial charge on any atom is -0.350 e. The first-order chi connectivity index (χ1) is 8.20. The smallest absolute Gasteiger partial charge is 0.243 e. The largest absolute Gasteiger partial charge is 0.350 e. The zero-order valence-corrected chi connectivity index (χ0v) is 10.2. The summed E-state index contributed by atoms with van der Waals surface area (Å²) in [5.74, 6) is 0.269. The summed E-state index contributed by atoms with van der Waals surface area (Å²) in [6.45, 7) is 5.26. The van der Waals surface area contributed by atoms with E-state index in [9.17, 15) is 9.59 Å². The van der Waals surface area contributed by atoms with Crippen molar-refractivity contribution in [3.05, 3.63) is 12.7 Å². The summed E-state index contributed by atoms with van der Waals surface area (Å²) in [6.07, 6.45) is 6.15. The summed E-state index contributed by atoms with van der Waals surface area (Å²) < 4.78 is 0. The van der Waals surface area contributed by atoms with Gasteiger partial charge in [-0.05, 0) is 38.2 Å². The second-order valence-corrected chi connectivity index (χ2v) is 4.95. The van der Waals surface area contributed by atoms with Crippen LogP contribution in [0.1, 0.15) is 32.1 Å². The lowest BCUT2D eigenvalue weighted by Crippen LogP contribution is -2.35. The Morgan fingerprint density at radius 3 is 2.59 bits per heavy atom. The van der Waals surface area contributed by atoms with Crippen LogP contribution >= 0.6 is 0 Å². The highest BCUT2D eigenvalue weighted by atomic mass is 16.2. The average Bonchev–Trinajstić information content (AvgIpc) is 2.98. The van der Waals surface area contributed by atoms with Crippen molar-refractivity contribution >= 4 is 11.8 Å². The first-order valence-electron chi connectivity index (χ1n) is 6.42. The number of nitrogens with zero attached hydrogens (tertiary/aromatic N) is 1. The van der Waals surface area contributed by atoms with Gasteiger partial charge >= 0.3 is 0 Å². The summed E-state index contributed by atoms with van der Waals surface area (Å²) in [4.78, 5) is 25.3. The molecule has 0 aromatic heterocycles. The predicted molar refractivity (Wildman–Crippen MR) is 65.3 cm³/mol. The third kappa shape index (κ3) is 2.87. The second kappa shape index (κ2) is 5.34. The maximum absolute atomic E-state index is 12.1.